The Morgan fingerprint density at radius 2 is 1.96 bits per heavy atom. The first-order valence-electron chi connectivity index (χ1n) is 9.97. The summed E-state index contributed by atoms with van der Waals surface area (Å²) in [5.41, 5.74) is 1.19. The molecule has 0 bridgehead atoms. The standard InChI is InChI=1S/C21H30N4O3/c1-5-27-19-18(23-16-10-6-7-11-17(16)24-19)25-12-8-9-15(14-25)13-22-20(26)28-21(2,3)4/h6-7,10-11,15H,5,8-9,12-14H2,1-4H3,(H,22,26)/t15-/m0/s1. The Hall–Kier alpha value is -2.57. The number of anilines is 1. The van der Waals surface area contributed by atoms with Gasteiger partial charge in [-0.25, -0.2) is 14.8 Å². The highest BCUT2D eigenvalue weighted by Crippen LogP contribution is 2.30. The van der Waals surface area contributed by atoms with Gasteiger partial charge in [0.2, 0.25) is 0 Å². The number of aromatic nitrogens is 2. The SMILES string of the molecule is CCOc1nc2ccccc2nc1N1CCC[C@@H](CNC(=O)OC(C)(C)C)C1. The average molecular weight is 386 g/mol. The van der Waals surface area contributed by atoms with Crippen LogP contribution < -0.4 is 15.0 Å². The predicted molar refractivity (Wildman–Crippen MR) is 110 cm³/mol. The van der Waals surface area contributed by atoms with Gasteiger partial charge in [-0.3, -0.25) is 0 Å². The molecule has 0 spiro atoms. The van der Waals surface area contributed by atoms with Crippen LogP contribution in [0.3, 0.4) is 0 Å². The maximum Gasteiger partial charge on any atom is 0.407 e. The molecular weight excluding hydrogens is 356 g/mol. The highest BCUT2D eigenvalue weighted by Gasteiger charge is 2.25. The van der Waals surface area contributed by atoms with Gasteiger partial charge in [-0.2, -0.15) is 0 Å². The third-order valence-electron chi connectivity index (χ3n) is 4.55. The van der Waals surface area contributed by atoms with Gasteiger partial charge in [0, 0.05) is 19.6 Å². The fraction of sp³-hybridized carbons (Fsp3) is 0.571. The molecule has 1 aromatic heterocycles. The third kappa shape index (κ3) is 5.24. The van der Waals surface area contributed by atoms with Crippen molar-refractivity contribution < 1.29 is 14.3 Å². The maximum atomic E-state index is 11.9. The number of fused-ring (bicyclic) bond motifs is 1. The van der Waals surface area contributed by atoms with Gasteiger partial charge >= 0.3 is 6.09 Å². The number of amides is 1. The van der Waals surface area contributed by atoms with Gasteiger partial charge in [0.1, 0.15) is 5.60 Å². The molecule has 0 aliphatic carbocycles. The van der Waals surface area contributed by atoms with E-state index in [4.69, 9.17) is 14.5 Å². The molecule has 2 aromatic rings. The lowest BCUT2D eigenvalue weighted by atomic mass is 9.98. The number of para-hydroxylation sites is 2. The second-order valence-corrected chi connectivity index (χ2v) is 8.11. The number of nitrogens with one attached hydrogen (secondary N) is 1. The highest BCUT2D eigenvalue weighted by molar-refractivity contribution is 5.77. The quantitative estimate of drug-likeness (QED) is 0.843. The molecular formula is C21H30N4O3. The number of hydrogen-bond donors (Lipinski definition) is 1. The molecule has 2 heterocycles. The van der Waals surface area contributed by atoms with E-state index in [9.17, 15) is 4.79 Å². The minimum absolute atomic E-state index is 0.323. The molecule has 1 N–H and O–H groups in total. The molecule has 28 heavy (non-hydrogen) atoms. The molecule has 1 amide bonds. The highest BCUT2D eigenvalue weighted by atomic mass is 16.6. The van der Waals surface area contributed by atoms with Crippen LogP contribution in [0.15, 0.2) is 24.3 Å². The smallest absolute Gasteiger partial charge is 0.407 e. The number of ether oxygens (including phenoxy) is 2. The van der Waals surface area contributed by atoms with Crippen molar-refractivity contribution in [2.45, 2.75) is 46.1 Å². The van der Waals surface area contributed by atoms with Crippen LogP contribution in [-0.2, 0) is 4.74 Å². The molecule has 0 saturated carbocycles. The molecule has 1 saturated heterocycles. The number of carbonyl (C=O) groups excluding carboxylic acids is 1. The van der Waals surface area contributed by atoms with Gasteiger partial charge in [0.05, 0.1) is 17.6 Å². The molecule has 1 atom stereocenters. The number of rotatable bonds is 5. The van der Waals surface area contributed by atoms with E-state index in [2.05, 4.69) is 15.2 Å². The lowest BCUT2D eigenvalue weighted by Gasteiger charge is -2.34. The molecule has 7 nitrogen and oxygen atoms in total. The topological polar surface area (TPSA) is 76.6 Å². The lowest BCUT2D eigenvalue weighted by Crippen LogP contribution is -2.42. The molecule has 1 aromatic carbocycles. The lowest BCUT2D eigenvalue weighted by molar-refractivity contribution is 0.0517. The van der Waals surface area contributed by atoms with E-state index < -0.39 is 5.60 Å². The fourth-order valence-electron chi connectivity index (χ4n) is 3.38. The van der Waals surface area contributed by atoms with Gasteiger partial charge in [-0.05, 0) is 58.6 Å². The van der Waals surface area contributed by atoms with E-state index in [-0.39, 0.29) is 6.09 Å². The summed E-state index contributed by atoms with van der Waals surface area (Å²) >= 11 is 0. The van der Waals surface area contributed by atoms with Crippen molar-refractivity contribution in [3.63, 3.8) is 0 Å². The Balaban J connectivity index is 1.71. The predicted octanol–water partition coefficient (Wildman–Crippen LogP) is 3.77. The van der Waals surface area contributed by atoms with Crippen molar-refractivity contribution in [2.75, 3.05) is 31.1 Å². The first kappa shape index (κ1) is 20.2. The Morgan fingerprint density at radius 3 is 2.64 bits per heavy atom. The van der Waals surface area contributed by atoms with Crippen molar-refractivity contribution in [3.05, 3.63) is 24.3 Å². The van der Waals surface area contributed by atoms with Crippen molar-refractivity contribution in [1.82, 2.24) is 15.3 Å². The molecule has 1 fully saturated rings. The van der Waals surface area contributed by atoms with Crippen molar-refractivity contribution >= 4 is 22.9 Å². The van der Waals surface area contributed by atoms with Gasteiger partial charge in [0.25, 0.3) is 5.88 Å². The molecule has 3 rings (SSSR count). The van der Waals surface area contributed by atoms with Crippen molar-refractivity contribution in [2.24, 2.45) is 5.92 Å². The van der Waals surface area contributed by atoms with E-state index >= 15 is 0 Å². The van der Waals surface area contributed by atoms with Crippen LogP contribution in [0.25, 0.3) is 11.0 Å². The number of alkyl carbamates (subject to hydrolysis) is 1. The zero-order chi connectivity index (χ0) is 20.1. The zero-order valence-electron chi connectivity index (χ0n) is 17.2. The summed E-state index contributed by atoms with van der Waals surface area (Å²) in [4.78, 5) is 23.7. The molecule has 0 unspecified atom stereocenters. The molecule has 152 valence electrons. The van der Waals surface area contributed by atoms with Crippen LogP contribution in [0.2, 0.25) is 0 Å². The van der Waals surface area contributed by atoms with Gasteiger partial charge in [0.15, 0.2) is 5.82 Å². The van der Waals surface area contributed by atoms with Crippen LogP contribution in [0.5, 0.6) is 5.88 Å². The van der Waals surface area contributed by atoms with Crippen LogP contribution >= 0.6 is 0 Å². The van der Waals surface area contributed by atoms with Crippen LogP contribution in [-0.4, -0.2) is 47.9 Å². The summed E-state index contributed by atoms with van der Waals surface area (Å²) in [6, 6.07) is 7.82. The van der Waals surface area contributed by atoms with Gasteiger partial charge < -0.3 is 19.7 Å². The van der Waals surface area contributed by atoms with Crippen LogP contribution in [0, 0.1) is 5.92 Å². The molecule has 1 aliphatic heterocycles. The second-order valence-electron chi connectivity index (χ2n) is 8.11. The van der Waals surface area contributed by atoms with Gasteiger partial charge in [-0.1, -0.05) is 12.1 Å². The zero-order valence-corrected chi connectivity index (χ0v) is 17.2. The van der Waals surface area contributed by atoms with Crippen LogP contribution in [0.4, 0.5) is 10.6 Å². The van der Waals surface area contributed by atoms with Gasteiger partial charge in [-0.15, -0.1) is 0 Å². The summed E-state index contributed by atoms with van der Waals surface area (Å²) in [6.45, 7) is 10.4. The second kappa shape index (κ2) is 8.63. The minimum atomic E-state index is -0.490. The monoisotopic (exact) mass is 386 g/mol. The Labute approximate surface area is 166 Å². The Kier molecular flexibility index (Phi) is 6.21. The molecule has 7 heteroatoms. The van der Waals surface area contributed by atoms with E-state index in [0.29, 0.717) is 24.9 Å². The van der Waals surface area contributed by atoms with Crippen molar-refractivity contribution in [3.8, 4) is 5.88 Å². The number of hydrogen-bond acceptors (Lipinski definition) is 6. The summed E-state index contributed by atoms with van der Waals surface area (Å²) in [7, 11) is 0. The normalized spacial score (nSPS) is 17.4. The van der Waals surface area contributed by atoms with E-state index in [0.717, 1.165) is 42.8 Å². The average Bonchev–Trinajstić information content (AvgIpc) is 2.65. The summed E-state index contributed by atoms with van der Waals surface area (Å²) < 4.78 is 11.1. The summed E-state index contributed by atoms with van der Waals surface area (Å²) in [5, 5.41) is 2.90. The summed E-state index contributed by atoms with van der Waals surface area (Å²) in [5.74, 6) is 1.67. The number of piperidine rings is 1. The van der Waals surface area contributed by atoms with E-state index in [1.54, 1.807) is 0 Å². The van der Waals surface area contributed by atoms with Crippen molar-refractivity contribution in [1.29, 1.82) is 0 Å². The first-order valence-corrected chi connectivity index (χ1v) is 9.97. The maximum absolute atomic E-state index is 11.9. The summed E-state index contributed by atoms with van der Waals surface area (Å²) in [6.07, 6.45) is 1.71. The number of benzene rings is 1. The number of nitrogens with zero attached hydrogens (tertiary/aromatic N) is 3. The Morgan fingerprint density at radius 1 is 1.25 bits per heavy atom. The molecule has 0 radical (unpaired) electrons. The Bertz CT molecular complexity index is 819. The minimum Gasteiger partial charge on any atom is -0.475 e. The van der Waals surface area contributed by atoms with Crippen LogP contribution in [0.1, 0.15) is 40.5 Å². The fourth-order valence-corrected chi connectivity index (χ4v) is 3.38. The largest absolute Gasteiger partial charge is 0.475 e. The van der Waals surface area contributed by atoms with E-state index in [1.165, 1.54) is 0 Å². The first-order chi connectivity index (χ1) is 13.4. The molecule has 1 aliphatic rings. The number of carbonyl (C=O) groups is 1. The van der Waals surface area contributed by atoms with E-state index in [1.807, 2.05) is 52.0 Å². The third-order valence-corrected chi connectivity index (χ3v) is 4.55.